The summed E-state index contributed by atoms with van der Waals surface area (Å²) in [5.74, 6) is 2.72. The summed E-state index contributed by atoms with van der Waals surface area (Å²) >= 11 is 0. The van der Waals surface area contributed by atoms with Crippen LogP contribution in [0.25, 0.3) is 10.9 Å². The maximum atomic E-state index is 5.34. The summed E-state index contributed by atoms with van der Waals surface area (Å²) in [5, 5.41) is 4.86. The van der Waals surface area contributed by atoms with E-state index in [0.717, 1.165) is 32.4 Å². The Balaban J connectivity index is 2.15. The highest BCUT2D eigenvalue weighted by atomic mass is 15.0. The lowest BCUT2D eigenvalue weighted by Crippen LogP contribution is -2.24. The van der Waals surface area contributed by atoms with E-state index in [9.17, 15) is 0 Å². The fourth-order valence-electron chi connectivity index (χ4n) is 2.55. The third kappa shape index (κ3) is 3.65. The Morgan fingerprint density at radius 3 is 2.85 bits per heavy atom. The molecule has 1 aromatic carbocycles. The molecule has 1 aromatic heterocycles. The van der Waals surface area contributed by atoms with E-state index in [4.69, 9.17) is 6.42 Å². The zero-order valence-electron chi connectivity index (χ0n) is 12.5. The van der Waals surface area contributed by atoms with Crippen LogP contribution in [0.15, 0.2) is 30.5 Å². The Hall–Kier alpha value is -1.72. The van der Waals surface area contributed by atoms with Gasteiger partial charge in [-0.3, -0.25) is 0 Å². The van der Waals surface area contributed by atoms with E-state index in [1.807, 2.05) is 0 Å². The van der Waals surface area contributed by atoms with Crippen LogP contribution in [-0.4, -0.2) is 17.2 Å². The average Bonchev–Trinajstić information content (AvgIpc) is 2.78. The van der Waals surface area contributed by atoms with Crippen molar-refractivity contribution in [3.63, 3.8) is 0 Å². The molecule has 0 radical (unpaired) electrons. The van der Waals surface area contributed by atoms with Gasteiger partial charge in [0, 0.05) is 36.1 Å². The SMILES string of the molecule is C#CCCCn1cc(CCNC(C)C)c2ccccc21. The molecule has 2 heteroatoms. The molecule has 0 spiro atoms. The first kappa shape index (κ1) is 14.7. The minimum atomic E-state index is 0.541. The number of para-hydroxylation sites is 1. The third-order valence-electron chi connectivity index (χ3n) is 3.54. The first-order valence-electron chi connectivity index (χ1n) is 7.46. The Labute approximate surface area is 122 Å². The molecule has 0 bridgehead atoms. The number of nitrogens with one attached hydrogen (secondary N) is 1. The van der Waals surface area contributed by atoms with Gasteiger partial charge in [0.25, 0.3) is 0 Å². The standard InChI is InChI=1S/C18H24N2/c1-4-5-8-13-20-14-16(11-12-19-15(2)3)17-9-6-7-10-18(17)20/h1,6-7,9-10,14-15,19H,5,8,11-13H2,2-3H3. The van der Waals surface area contributed by atoms with Crippen LogP contribution in [0.1, 0.15) is 32.3 Å². The van der Waals surface area contributed by atoms with Crippen LogP contribution in [0.3, 0.4) is 0 Å². The monoisotopic (exact) mass is 268 g/mol. The second-order valence-electron chi connectivity index (χ2n) is 5.53. The van der Waals surface area contributed by atoms with Crippen molar-refractivity contribution >= 4 is 10.9 Å². The summed E-state index contributed by atoms with van der Waals surface area (Å²) in [6, 6.07) is 9.19. The number of aryl methyl sites for hydroxylation is 1. The van der Waals surface area contributed by atoms with E-state index in [2.05, 4.69) is 60.1 Å². The van der Waals surface area contributed by atoms with Crippen LogP contribution >= 0.6 is 0 Å². The summed E-state index contributed by atoms with van der Waals surface area (Å²) in [6.07, 6.45) is 10.6. The number of aromatic nitrogens is 1. The van der Waals surface area contributed by atoms with E-state index in [-0.39, 0.29) is 0 Å². The van der Waals surface area contributed by atoms with Gasteiger partial charge in [0.1, 0.15) is 0 Å². The molecule has 0 unspecified atom stereocenters. The van der Waals surface area contributed by atoms with Gasteiger partial charge in [0.15, 0.2) is 0 Å². The lowest BCUT2D eigenvalue weighted by molar-refractivity contribution is 0.590. The van der Waals surface area contributed by atoms with Crippen molar-refractivity contribution in [3.05, 3.63) is 36.0 Å². The minimum Gasteiger partial charge on any atom is -0.347 e. The average molecular weight is 268 g/mol. The molecule has 0 fully saturated rings. The molecule has 0 aliphatic rings. The smallest absolute Gasteiger partial charge is 0.0483 e. The molecule has 2 rings (SSSR count). The molecule has 0 aliphatic carbocycles. The van der Waals surface area contributed by atoms with E-state index < -0.39 is 0 Å². The Kier molecular flexibility index (Phi) is 5.26. The molecule has 2 nitrogen and oxygen atoms in total. The van der Waals surface area contributed by atoms with Gasteiger partial charge in [-0.1, -0.05) is 32.0 Å². The minimum absolute atomic E-state index is 0.541. The molecule has 0 saturated carbocycles. The van der Waals surface area contributed by atoms with Crippen LogP contribution in [0.5, 0.6) is 0 Å². The number of hydrogen-bond donors (Lipinski definition) is 1. The second kappa shape index (κ2) is 7.17. The number of benzene rings is 1. The number of fused-ring (bicyclic) bond motifs is 1. The lowest BCUT2D eigenvalue weighted by atomic mass is 10.1. The predicted octanol–water partition coefficient (Wildman–Crippen LogP) is 3.60. The van der Waals surface area contributed by atoms with Gasteiger partial charge in [-0.05, 0) is 31.0 Å². The van der Waals surface area contributed by atoms with Gasteiger partial charge >= 0.3 is 0 Å². The van der Waals surface area contributed by atoms with Crippen molar-refractivity contribution in [1.29, 1.82) is 0 Å². The van der Waals surface area contributed by atoms with Crippen molar-refractivity contribution in [2.75, 3.05) is 6.54 Å². The number of rotatable bonds is 7. The lowest BCUT2D eigenvalue weighted by Gasteiger charge is -2.06. The summed E-state index contributed by atoms with van der Waals surface area (Å²) in [7, 11) is 0. The van der Waals surface area contributed by atoms with Crippen LogP contribution in [0, 0.1) is 12.3 Å². The van der Waals surface area contributed by atoms with Crippen LogP contribution in [0.2, 0.25) is 0 Å². The number of terminal acetylenes is 1. The van der Waals surface area contributed by atoms with Crippen LogP contribution < -0.4 is 5.32 Å². The van der Waals surface area contributed by atoms with Crippen LogP contribution in [-0.2, 0) is 13.0 Å². The molecule has 0 aliphatic heterocycles. The molecule has 1 heterocycles. The Morgan fingerprint density at radius 1 is 1.30 bits per heavy atom. The molecule has 0 atom stereocenters. The molecule has 20 heavy (non-hydrogen) atoms. The third-order valence-corrected chi connectivity index (χ3v) is 3.54. The summed E-state index contributed by atoms with van der Waals surface area (Å²) in [6.45, 7) is 6.39. The summed E-state index contributed by atoms with van der Waals surface area (Å²) in [4.78, 5) is 0. The van der Waals surface area contributed by atoms with Crippen molar-refractivity contribution < 1.29 is 0 Å². The van der Waals surface area contributed by atoms with Gasteiger partial charge in [-0.2, -0.15) is 0 Å². The van der Waals surface area contributed by atoms with Gasteiger partial charge in [-0.25, -0.2) is 0 Å². The molecular weight excluding hydrogens is 244 g/mol. The van der Waals surface area contributed by atoms with Gasteiger partial charge in [0.05, 0.1) is 0 Å². The highest BCUT2D eigenvalue weighted by Crippen LogP contribution is 2.22. The quantitative estimate of drug-likeness (QED) is 0.600. The van der Waals surface area contributed by atoms with E-state index in [1.165, 1.54) is 16.5 Å². The van der Waals surface area contributed by atoms with Gasteiger partial charge in [0.2, 0.25) is 0 Å². The maximum absolute atomic E-state index is 5.34. The van der Waals surface area contributed by atoms with E-state index >= 15 is 0 Å². The fourth-order valence-corrected chi connectivity index (χ4v) is 2.55. The van der Waals surface area contributed by atoms with E-state index in [1.54, 1.807) is 0 Å². The highest BCUT2D eigenvalue weighted by molar-refractivity contribution is 5.84. The predicted molar refractivity (Wildman–Crippen MR) is 86.8 cm³/mol. The van der Waals surface area contributed by atoms with Crippen molar-refractivity contribution in [2.45, 2.75) is 45.7 Å². The van der Waals surface area contributed by atoms with Gasteiger partial charge < -0.3 is 9.88 Å². The van der Waals surface area contributed by atoms with E-state index in [0.29, 0.717) is 6.04 Å². The molecule has 1 N–H and O–H groups in total. The summed E-state index contributed by atoms with van der Waals surface area (Å²) in [5.41, 5.74) is 2.75. The Morgan fingerprint density at radius 2 is 2.10 bits per heavy atom. The van der Waals surface area contributed by atoms with Crippen molar-refractivity contribution in [1.82, 2.24) is 9.88 Å². The molecule has 0 amide bonds. The van der Waals surface area contributed by atoms with Crippen molar-refractivity contribution in [2.24, 2.45) is 0 Å². The molecular formula is C18H24N2. The zero-order valence-corrected chi connectivity index (χ0v) is 12.5. The maximum Gasteiger partial charge on any atom is 0.0483 e. The van der Waals surface area contributed by atoms with Gasteiger partial charge in [-0.15, -0.1) is 12.3 Å². The topological polar surface area (TPSA) is 17.0 Å². The Bertz CT molecular complexity index is 587. The first-order valence-corrected chi connectivity index (χ1v) is 7.46. The van der Waals surface area contributed by atoms with Crippen LogP contribution in [0.4, 0.5) is 0 Å². The fraction of sp³-hybridized carbons (Fsp3) is 0.444. The molecule has 106 valence electrons. The first-order chi connectivity index (χ1) is 9.72. The zero-order chi connectivity index (χ0) is 14.4. The largest absolute Gasteiger partial charge is 0.347 e. The second-order valence-corrected chi connectivity index (χ2v) is 5.53. The number of nitrogens with zero attached hydrogens (tertiary/aromatic N) is 1. The summed E-state index contributed by atoms with van der Waals surface area (Å²) < 4.78 is 2.34. The number of hydrogen-bond acceptors (Lipinski definition) is 1. The highest BCUT2D eigenvalue weighted by Gasteiger charge is 2.07. The molecule has 0 saturated heterocycles. The number of unbranched alkanes of at least 4 members (excludes halogenated alkanes) is 1. The normalized spacial score (nSPS) is 11.1. The van der Waals surface area contributed by atoms with Crippen molar-refractivity contribution in [3.8, 4) is 12.3 Å². The molecule has 2 aromatic rings.